The van der Waals surface area contributed by atoms with Crippen LogP contribution >= 0.6 is 11.8 Å². The molecule has 2 rings (SSSR count). The third-order valence-electron chi connectivity index (χ3n) is 2.76. The van der Waals surface area contributed by atoms with E-state index in [4.69, 9.17) is 15.1 Å². The third-order valence-corrected chi connectivity index (χ3v) is 3.77. The first-order valence-corrected chi connectivity index (χ1v) is 7.01. The Morgan fingerprint density at radius 1 is 1.43 bits per heavy atom. The monoisotopic (exact) mass is 300 g/mol. The zero-order chi connectivity index (χ0) is 15.2. The first-order chi connectivity index (χ1) is 10.1. The topological polar surface area (TPSA) is 83.2 Å². The lowest BCUT2D eigenvalue weighted by Crippen LogP contribution is -1.96. The van der Waals surface area contributed by atoms with Crippen LogP contribution in [0.15, 0.2) is 41.6 Å². The van der Waals surface area contributed by atoms with Gasteiger partial charge in [0.15, 0.2) is 0 Å². The summed E-state index contributed by atoms with van der Waals surface area (Å²) in [4.78, 5) is 14.8. The Morgan fingerprint density at radius 2 is 2.24 bits per heavy atom. The van der Waals surface area contributed by atoms with Gasteiger partial charge in [-0.3, -0.25) is 0 Å². The molecule has 0 saturated heterocycles. The number of pyridine rings is 1. The van der Waals surface area contributed by atoms with Crippen LogP contribution in [0, 0.1) is 11.3 Å². The normalized spacial score (nSPS) is 9.90. The molecule has 1 aromatic carbocycles. The van der Waals surface area contributed by atoms with Gasteiger partial charge in [0.05, 0.1) is 23.3 Å². The highest BCUT2D eigenvalue weighted by Crippen LogP contribution is 2.25. The second-order valence-corrected chi connectivity index (χ2v) is 5.12. The quantitative estimate of drug-likeness (QED) is 0.855. The molecule has 1 N–H and O–H groups in total. The number of carboxylic acids is 1. The van der Waals surface area contributed by atoms with Crippen molar-refractivity contribution in [2.75, 3.05) is 7.11 Å². The van der Waals surface area contributed by atoms with Crippen LogP contribution < -0.4 is 4.74 Å². The van der Waals surface area contributed by atoms with Gasteiger partial charge in [0.25, 0.3) is 0 Å². The van der Waals surface area contributed by atoms with E-state index in [1.54, 1.807) is 12.1 Å². The number of benzene rings is 1. The van der Waals surface area contributed by atoms with Crippen molar-refractivity contribution in [3.8, 4) is 11.8 Å². The fourth-order valence-corrected chi connectivity index (χ4v) is 2.45. The van der Waals surface area contributed by atoms with E-state index in [0.29, 0.717) is 17.1 Å². The average Bonchev–Trinajstić information content (AvgIpc) is 2.52. The lowest BCUT2D eigenvalue weighted by molar-refractivity contribution is 0.0696. The summed E-state index contributed by atoms with van der Waals surface area (Å²) in [7, 11) is 1.53. The van der Waals surface area contributed by atoms with Gasteiger partial charge in [0.1, 0.15) is 11.8 Å². The highest BCUT2D eigenvalue weighted by Gasteiger charge is 2.06. The molecule has 0 radical (unpaired) electrons. The maximum atomic E-state index is 10.7. The highest BCUT2D eigenvalue weighted by molar-refractivity contribution is 7.98. The van der Waals surface area contributed by atoms with Gasteiger partial charge in [0, 0.05) is 11.9 Å². The highest BCUT2D eigenvalue weighted by atomic mass is 32.2. The first-order valence-electron chi connectivity index (χ1n) is 6.03. The summed E-state index contributed by atoms with van der Waals surface area (Å²) in [6, 6.07) is 10.7. The molecule has 1 aromatic heterocycles. The van der Waals surface area contributed by atoms with Crippen molar-refractivity contribution in [1.29, 1.82) is 5.26 Å². The predicted molar refractivity (Wildman–Crippen MR) is 78.5 cm³/mol. The molecule has 6 heteroatoms. The van der Waals surface area contributed by atoms with Gasteiger partial charge in [0.2, 0.25) is 0 Å². The largest absolute Gasteiger partial charge is 0.495 e. The lowest BCUT2D eigenvalue weighted by atomic mass is 10.1. The molecule has 5 nitrogen and oxygen atoms in total. The van der Waals surface area contributed by atoms with Crippen LogP contribution in [0.1, 0.15) is 21.5 Å². The van der Waals surface area contributed by atoms with Crippen LogP contribution in [-0.2, 0) is 5.75 Å². The van der Waals surface area contributed by atoms with Crippen LogP contribution in [-0.4, -0.2) is 23.2 Å². The second kappa shape index (κ2) is 6.77. The van der Waals surface area contributed by atoms with Crippen molar-refractivity contribution in [1.82, 2.24) is 4.98 Å². The van der Waals surface area contributed by atoms with Gasteiger partial charge in [-0.2, -0.15) is 5.26 Å². The Balaban J connectivity index is 2.06. The van der Waals surface area contributed by atoms with Crippen molar-refractivity contribution < 1.29 is 14.6 Å². The number of rotatable bonds is 5. The average molecular weight is 300 g/mol. The SMILES string of the molecule is COc1cc(CSc2ccc(C(=O)O)cn2)ccc1C#N. The number of carboxylic acid groups (broad SMARTS) is 1. The van der Waals surface area contributed by atoms with Gasteiger partial charge in [-0.25, -0.2) is 9.78 Å². The molecule has 21 heavy (non-hydrogen) atoms. The van der Waals surface area contributed by atoms with Crippen molar-refractivity contribution >= 4 is 17.7 Å². The minimum atomic E-state index is -0.990. The van der Waals surface area contributed by atoms with E-state index in [1.165, 1.54) is 31.1 Å². The van der Waals surface area contributed by atoms with E-state index < -0.39 is 5.97 Å². The fraction of sp³-hybridized carbons (Fsp3) is 0.133. The minimum absolute atomic E-state index is 0.166. The fourth-order valence-electron chi connectivity index (χ4n) is 1.67. The standard InChI is InChI=1S/C15H12N2O3S/c1-20-13-6-10(2-3-11(13)7-16)9-21-14-5-4-12(8-17-14)15(18)19/h2-6,8H,9H2,1H3,(H,18,19). The van der Waals surface area contributed by atoms with Crippen LogP contribution in [0.25, 0.3) is 0 Å². The smallest absolute Gasteiger partial charge is 0.337 e. The molecule has 0 aliphatic heterocycles. The van der Waals surface area contributed by atoms with E-state index in [9.17, 15) is 4.79 Å². The maximum absolute atomic E-state index is 10.7. The molecular weight excluding hydrogens is 288 g/mol. The number of aromatic carboxylic acids is 1. The predicted octanol–water partition coefficient (Wildman–Crippen LogP) is 2.95. The number of nitrogens with zero attached hydrogens (tertiary/aromatic N) is 2. The summed E-state index contributed by atoms with van der Waals surface area (Å²) < 4.78 is 5.16. The summed E-state index contributed by atoms with van der Waals surface area (Å²) in [5, 5.41) is 18.5. The lowest BCUT2D eigenvalue weighted by Gasteiger charge is -2.06. The summed E-state index contributed by atoms with van der Waals surface area (Å²) in [5.41, 5.74) is 1.66. The van der Waals surface area contributed by atoms with Gasteiger partial charge < -0.3 is 9.84 Å². The molecule has 106 valence electrons. The number of carbonyl (C=O) groups is 1. The summed E-state index contributed by atoms with van der Waals surface area (Å²) >= 11 is 1.48. The van der Waals surface area contributed by atoms with E-state index in [2.05, 4.69) is 11.1 Å². The van der Waals surface area contributed by atoms with Crippen molar-refractivity contribution in [3.05, 3.63) is 53.2 Å². The Morgan fingerprint density at radius 3 is 2.81 bits per heavy atom. The number of hydrogen-bond donors (Lipinski definition) is 1. The zero-order valence-corrected chi connectivity index (χ0v) is 12.1. The first kappa shape index (κ1) is 14.9. The van der Waals surface area contributed by atoms with E-state index in [-0.39, 0.29) is 5.56 Å². The molecule has 2 aromatic rings. The van der Waals surface area contributed by atoms with E-state index in [0.717, 1.165) is 10.6 Å². The molecule has 0 unspecified atom stereocenters. The molecule has 0 fully saturated rings. The molecule has 0 bridgehead atoms. The van der Waals surface area contributed by atoms with Crippen molar-refractivity contribution in [2.45, 2.75) is 10.8 Å². The minimum Gasteiger partial charge on any atom is -0.495 e. The van der Waals surface area contributed by atoms with E-state index in [1.807, 2.05) is 12.1 Å². The molecule has 1 heterocycles. The number of aromatic nitrogens is 1. The second-order valence-electron chi connectivity index (χ2n) is 4.13. The van der Waals surface area contributed by atoms with Crippen LogP contribution in [0.5, 0.6) is 5.75 Å². The van der Waals surface area contributed by atoms with Crippen molar-refractivity contribution in [2.24, 2.45) is 0 Å². The number of thioether (sulfide) groups is 1. The van der Waals surface area contributed by atoms with Gasteiger partial charge in [-0.05, 0) is 29.8 Å². The van der Waals surface area contributed by atoms with Crippen LogP contribution in [0.2, 0.25) is 0 Å². The Labute approximate surface area is 126 Å². The molecule has 0 aliphatic carbocycles. The molecule has 0 spiro atoms. The number of nitriles is 1. The molecule has 0 aliphatic rings. The summed E-state index contributed by atoms with van der Waals surface area (Å²) in [6.45, 7) is 0. The van der Waals surface area contributed by atoms with Gasteiger partial charge in [-0.15, -0.1) is 11.8 Å². The third kappa shape index (κ3) is 3.74. The number of ether oxygens (including phenoxy) is 1. The number of hydrogen-bond acceptors (Lipinski definition) is 5. The van der Waals surface area contributed by atoms with Crippen molar-refractivity contribution in [3.63, 3.8) is 0 Å². The van der Waals surface area contributed by atoms with Gasteiger partial charge in [-0.1, -0.05) is 6.07 Å². The van der Waals surface area contributed by atoms with Crippen LogP contribution in [0.4, 0.5) is 0 Å². The Bertz CT molecular complexity index is 693. The Kier molecular flexibility index (Phi) is 4.80. The molecule has 0 amide bonds. The zero-order valence-electron chi connectivity index (χ0n) is 11.2. The molecule has 0 saturated carbocycles. The maximum Gasteiger partial charge on any atom is 0.337 e. The molecular formula is C15H12N2O3S. The number of methoxy groups -OCH3 is 1. The summed E-state index contributed by atoms with van der Waals surface area (Å²) in [5.74, 6) is 0.210. The van der Waals surface area contributed by atoms with Crippen LogP contribution in [0.3, 0.4) is 0 Å². The molecule has 0 atom stereocenters. The Hall–Kier alpha value is -2.52. The van der Waals surface area contributed by atoms with Gasteiger partial charge >= 0.3 is 5.97 Å². The van der Waals surface area contributed by atoms with E-state index >= 15 is 0 Å². The summed E-state index contributed by atoms with van der Waals surface area (Å²) in [6.07, 6.45) is 1.34.